The van der Waals surface area contributed by atoms with Crippen molar-refractivity contribution in [2.75, 3.05) is 4.90 Å². The zero-order chi connectivity index (χ0) is 18.3. The van der Waals surface area contributed by atoms with E-state index in [-0.39, 0.29) is 12.2 Å². The van der Waals surface area contributed by atoms with Crippen LogP contribution in [0.3, 0.4) is 0 Å². The summed E-state index contributed by atoms with van der Waals surface area (Å²) >= 11 is 0. The molecule has 7 nitrogen and oxygen atoms in total. The first kappa shape index (κ1) is 16.3. The number of furan rings is 1. The molecule has 1 aromatic carbocycles. The van der Waals surface area contributed by atoms with Gasteiger partial charge in [-0.3, -0.25) is 19.3 Å². The number of nitrogens with zero attached hydrogens (tertiary/aromatic N) is 2. The van der Waals surface area contributed by atoms with E-state index in [9.17, 15) is 14.4 Å². The standard InChI is InChI=1S/C19H17N3O4/c1-2-4-14(23)16-17(15-5-3-8-26-15)22(19(25)18(16)24)11-6-7-12-13(9-11)21-10-20-12/h3,5-10,16-17H,2,4H2,1H3,(H,20,21). The van der Waals surface area contributed by atoms with E-state index in [4.69, 9.17) is 4.42 Å². The van der Waals surface area contributed by atoms with Crippen LogP contribution in [-0.2, 0) is 14.4 Å². The van der Waals surface area contributed by atoms with E-state index in [2.05, 4.69) is 9.97 Å². The van der Waals surface area contributed by atoms with Crippen LogP contribution in [0.2, 0.25) is 0 Å². The molecule has 2 atom stereocenters. The van der Waals surface area contributed by atoms with Crippen molar-refractivity contribution in [1.82, 2.24) is 9.97 Å². The minimum absolute atomic E-state index is 0.239. The van der Waals surface area contributed by atoms with Gasteiger partial charge in [0.15, 0.2) is 0 Å². The smallest absolute Gasteiger partial charge is 0.295 e. The van der Waals surface area contributed by atoms with Crippen molar-refractivity contribution in [2.24, 2.45) is 5.92 Å². The molecule has 1 aliphatic heterocycles. The molecule has 1 amide bonds. The number of carbonyl (C=O) groups is 3. The maximum absolute atomic E-state index is 12.8. The summed E-state index contributed by atoms with van der Waals surface area (Å²) in [5.41, 5.74) is 2.01. The average molecular weight is 351 g/mol. The third kappa shape index (κ3) is 2.44. The van der Waals surface area contributed by atoms with Gasteiger partial charge in [0.05, 0.1) is 23.6 Å². The molecular weight excluding hydrogens is 334 g/mol. The van der Waals surface area contributed by atoms with Crippen molar-refractivity contribution < 1.29 is 18.8 Å². The minimum Gasteiger partial charge on any atom is -0.467 e. The highest BCUT2D eigenvalue weighted by molar-refractivity contribution is 6.48. The van der Waals surface area contributed by atoms with Crippen molar-refractivity contribution in [2.45, 2.75) is 25.8 Å². The molecular formula is C19H17N3O4. The number of nitrogens with one attached hydrogen (secondary N) is 1. The summed E-state index contributed by atoms with van der Waals surface area (Å²) in [6.07, 6.45) is 3.89. The Morgan fingerprint density at radius 1 is 1.31 bits per heavy atom. The van der Waals surface area contributed by atoms with Gasteiger partial charge in [-0.05, 0) is 36.8 Å². The number of ketones is 2. The van der Waals surface area contributed by atoms with Crippen LogP contribution < -0.4 is 4.90 Å². The van der Waals surface area contributed by atoms with Crippen molar-refractivity contribution >= 4 is 34.2 Å². The number of aromatic nitrogens is 2. The van der Waals surface area contributed by atoms with Crippen molar-refractivity contribution in [3.05, 3.63) is 48.7 Å². The monoisotopic (exact) mass is 351 g/mol. The number of hydrogen-bond acceptors (Lipinski definition) is 5. The van der Waals surface area contributed by atoms with Crippen LogP contribution >= 0.6 is 0 Å². The first-order valence-corrected chi connectivity index (χ1v) is 8.48. The van der Waals surface area contributed by atoms with Crippen LogP contribution in [0.25, 0.3) is 11.0 Å². The van der Waals surface area contributed by atoms with Crippen LogP contribution in [0.4, 0.5) is 5.69 Å². The predicted molar refractivity (Wildman–Crippen MR) is 93.4 cm³/mol. The van der Waals surface area contributed by atoms with Crippen molar-refractivity contribution in [3.8, 4) is 0 Å². The van der Waals surface area contributed by atoms with Gasteiger partial charge in [0.25, 0.3) is 5.91 Å². The molecule has 1 fully saturated rings. The highest BCUT2D eigenvalue weighted by atomic mass is 16.3. The Labute approximate surface area is 149 Å². The summed E-state index contributed by atoms with van der Waals surface area (Å²) in [6.45, 7) is 1.87. The molecule has 4 rings (SSSR count). The molecule has 0 radical (unpaired) electrons. The summed E-state index contributed by atoms with van der Waals surface area (Å²) in [6, 6.07) is 7.82. The summed E-state index contributed by atoms with van der Waals surface area (Å²) in [4.78, 5) is 46.5. The number of benzene rings is 1. The van der Waals surface area contributed by atoms with Crippen LogP contribution in [0, 0.1) is 5.92 Å². The minimum atomic E-state index is -1.05. The molecule has 1 aliphatic rings. The van der Waals surface area contributed by atoms with Gasteiger partial charge >= 0.3 is 0 Å². The molecule has 1 N–H and O–H groups in total. The topological polar surface area (TPSA) is 96.3 Å². The van der Waals surface area contributed by atoms with Gasteiger partial charge in [0.1, 0.15) is 23.5 Å². The lowest BCUT2D eigenvalue weighted by molar-refractivity contribution is -0.139. The fraction of sp³-hybridized carbons (Fsp3) is 0.263. The Morgan fingerprint density at radius 3 is 2.88 bits per heavy atom. The van der Waals surface area contributed by atoms with E-state index < -0.39 is 23.7 Å². The van der Waals surface area contributed by atoms with E-state index in [1.807, 2.05) is 6.92 Å². The first-order valence-electron chi connectivity index (χ1n) is 8.48. The highest BCUT2D eigenvalue weighted by Crippen LogP contribution is 2.41. The maximum atomic E-state index is 12.8. The fourth-order valence-corrected chi connectivity index (χ4v) is 3.50. The summed E-state index contributed by atoms with van der Waals surface area (Å²) in [5, 5.41) is 0. The number of H-pyrrole nitrogens is 1. The van der Waals surface area contributed by atoms with E-state index in [0.29, 0.717) is 17.9 Å². The van der Waals surface area contributed by atoms with Crippen LogP contribution in [0.5, 0.6) is 0 Å². The number of amides is 1. The lowest BCUT2D eigenvalue weighted by Crippen LogP contribution is -2.30. The van der Waals surface area contributed by atoms with Gasteiger partial charge < -0.3 is 9.40 Å². The van der Waals surface area contributed by atoms with Gasteiger partial charge in [-0.25, -0.2) is 4.98 Å². The van der Waals surface area contributed by atoms with Crippen LogP contribution in [0.15, 0.2) is 47.3 Å². The predicted octanol–water partition coefficient (Wildman–Crippen LogP) is 2.80. The molecule has 2 aromatic heterocycles. The first-order chi connectivity index (χ1) is 12.6. The third-order valence-electron chi connectivity index (χ3n) is 4.67. The molecule has 0 spiro atoms. The number of imidazole rings is 1. The SMILES string of the molecule is CCCC(=O)C1C(=O)C(=O)N(c2ccc3nc[nH]c3c2)C1c1ccco1. The fourth-order valence-electron chi connectivity index (χ4n) is 3.50. The second kappa shape index (κ2) is 6.25. The molecule has 1 saturated heterocycles. The molecule has 132 valence electrons. The highest BCUT2D eigenvalue weighted by Gasteiger charge is 2.52. The normalized spacial score (nSPS) is 20.3. The number of fused-ring (bicyclic) bond motifs is 1. The van der Waals surface area contributed by atoms with E-state index in [0.717, 1.165) is 11.0 Å². The number of anilines is 1. The molecule has 7 heteroatoms. The lowest BCUT2D eigenvalue weighted by atomic mass is 9.90. The Kier molecular flexibility index (Phi) is 3.91. The molecule has 0 aliphatic carbocycles. The molecule has 0 saturated carbocycles. The zero-order valence-corrected chi connectivity index (χ0v) is 14.1. The number of Topliss-reactive ketones (excluding diaryl/α,β-unsaturated/α-hetero) is 2. The van der Waals surface area contributed by atoms with E-state index >= 15 is 0 Å². The molecule has 0 bridgehead atoms. The zero-order valence-electron chi connectivity index (χ0n) is 14.1. The van der Waals surface area contributed by atoms with E-state index in [1.165, 1.54) is 11.2 Å². The van der Waals surface area contributed by atoms with Gasteiger partial charge in [-0.15, -0.1) is 0 Å². The lowest BCUT2D eigenvalue weighted by Gasteiger charge is -2.25. The number of aromatic amines is 1. The number of carbonyl (C=O) groups excluding carboxylic acids is 3. The van der Waals surface area contributed by atoms with Crippen LogP contribution in [0.1, 0.15) is 31.6 Å². The Hall–Kier alpha value is -3.22. The molecule has 3 aromatic rings. The largest absolute Gasteiger partial charge is 0.467 e. The second-order valence-corrected chi connectivity index (χ2v) is 6.30. The summed E-state index contributed by atoms with van der Waals surface area (Å²) in [7, 11) is 0. The van der Waals surface area contributed by atoms with E-state index in [1.54, 1.807) is 36.7 Å². The van der Waals surface area contributed by atoms with Crippen LogP contribution in [-0.4, -0.2) is 27.4 Å². The average Bonchev–Trinajstić information content (AvgIpc) is 3.35. The van der Waals surface area contributed by atoms with Gasteiger partial charge in [0.2, 0.25) is 5.78 Å². The quantitative estimate of drug-likeness (QED) is 0.563. The summed E-state index contributed by atoms with van der Waals surface area (Å²) in [5.74, 6) is -2.25. The van der Waals surface area contributed by atoms with Gasteiger partial charge in [-0.1, -0.05) is 6.92 Å². The Bertz CT molecular complexity index is 989. The Balaban J connectivity index is 1.84. The number of rotatable bonds is 5. The van der Waals surface area contributed by atoms with Crippen molar-refractivity contribution in [1.29, 1.82) is 0 Å². The summed E-state index contributed by atoms with van der Waals surface area (Å²) < 4.78 is 5.48. The molecule has 26 heavy (non-hydrogen) atoms. The van der Waals surface area contributed by atoms with Crippen molar-refractivity contribution in [3.63, 3.8) is 0 Å². The second-order valence-electron chi connectivity index (χ2n) is 6.30. The molecule has 2 unspecified atom stereocenters. The van der Waals surface area contributed by atoms with Gasteiger partial charge in [0, 0.05) is 12.1 Å². The van der Waals surface area contributed by atoms with Gasteiger partial charge in [-0.2, -0.15) is 0 Å². The maximum Gasteiger partial charge on any atom is 0.295 e. The molecule has 3 heterocycles. The number of hydrogen-bond donors (Lipinski definition) is 1. The third-order valence-corrected chi connectivity index (χ3v) is 4.67. The Morgan fingerprint density at radius 2 is 2.15 bits per heavy atom.